The number of rotatable bonds is 33. The van der Waals surface area contributed by atoms with E-state index in [4.69, 9.17) is 9.22 Å². The van der Waals surface area contributed by atoms with E-state index in [9.17, 15) is 14.4 Å². The molecule has 10 heteroatoms. The molecule has 0 aromatic rings. The summed E-state index contributed by atoms with van der Waals surface area (Å²) in [6.45, 7) is 8.62. The predicted octanol–water partition coefficient (Wildman–Crippen LogP) is 11.7. The number of hydrogen-bond donors (Lipinski definition) is 3. The zero-order valence-electron chi connectivity index (χ0n) is 30.6. The quantitative estimate of drug-likeness (QED) is 0.0347. The second-order valence-corrected chi connectivity index (χ2v) is 22.3. The van der Waals surface area contributed by atoms with E-state index < -0.39 is 53.3 Å². The van der Waals surface area contributed by atoms with Crippen molar-refractivity contribution in [2.45, 2.75) is 215 Å². The van der Waals surface area contributed by atoms with Crippen molar-refractivity contribution in [2.75, 3.05) is 0 Å². The van der Waals surface area contributed by atoms with Gasteiger partial charge in [-0.3, -0.25) is 0 Å². The summed E-state index contributed by atoms with van der Waals surface area (Å²) >= 11 is 8.63. The molecule has 3 unspecified atom stereocenters. The number of hydrogen-bond acceptors (Lipinski definition) is 9. The summed E-state index contributed by atoms with van der Waals surface area (Å²) in [6, 6.07) is 0. The summed E-state index contributed by atoms with van der Waals surface area (Å²) in [6.07, 6.45) is 26.9. The van der Waals surface area contributed by atoms with Gasteiger partial charge in [0.05, 0.1) is 0 Å². The van der Waals surface area contributed by atoms with Crippen LogP contribution in [0.4, 0.5) is 0 Å². The van der Waals surface area contributed by atoms with Crippen LogP contribution in [0.2, 0.25) is 4.44 Å². The predicted molar refractivity (Wildman–Crippen MR) is 210 cm³/mol. The molecule has 3 atom stereocenters. The first-order valence-electron chi connectivity index (χ1n) is 19.4. The standard InChI is InChI=1S/3C11H22O2S.C4H9.Sn/c3*1-2-3-4-5-6-7-8-9-10(14)11(12)13;1-3-4-2;/h3*10,14H,2-9H2,1H3,(H,12,13);1,3-4H2,2H3;/q;;;;+3/p-3. The van der Waals surface area contributed by atoms with Crippen LogP contribution in [0.1, 0.15) is 195 Å². The fraction of sp³-hybridized carbons (Fsp3) is 0.919. The average Bonchev–Trinajstić information content (AvgIpc) is 3.05. The Balaban J connectivity index is 5.48. The molecule has 0 aliphatic rings. The van der Waals surface area contributed by atoms with E-state index in [0.29, 0.717) is 25.7 Å². The van der Waals surface area contributed by atoms with Crippen molar-refractivity contribution in [1.82, 2.24) is 0 Å². The molecule has 47 heavy (non-hydrogen) atoms. The molecule has 0 rings (SSSR count). The molecule has 0 fully saturated rings. The zero-order chi connectivity index (χ0) is 35.2. The van der Waals surface area contributed by atoms with E-state index in [0.717, 1.165) is 64.2 Å². The fourth-order valence-electron chi connectivity index (χ4n) is 5.51. The SMILES string of the molecule is CCCCCCCCCC(S)C(=O)[O][Sn]([CH2]CCC)([O]C(=O)C(S)CCCCCCCCC)[O]C(=O)C(S)CCCCCCCCC. The van der Waals surface area contributed by atoms with E-state index >= 15 is 0 Å². The van der Waals surface area contributed by atoms with Crippen LogP contribution in [0.25, 0.3) is 0 Å². The first kappa shape index (κ1) is 47.3. The van der Waals surface area contributed by atoms with Crippen LogP contribution in [0.3, 0.4) is 0 Å². The summed E-state index contributed by atoms with van der Waals surface area (Å²) in [7, 11) is 0. The number of carbonyl (C=O) groups excluding carboxylic acids is 3. The summed E-state index contributed by atoms with van der Waals surface area (Å²) in [4.78, 5) is 40.2. The van der Waals surface area contributed by atoms with E-state index in [1.54, 1.807) is 0 Å². The van der Waals surface area contributed by atoms with Gasteiger partial charge in [-0.15, -0.1) is 0 Å². The molecule has 0 aliphatic carbocycles. The third-order valence-corrected chi connectivity index (χ3v) is 17.2. The number of carbonyl (C=O) groups is 3. The van der Waals surface area contributed by atoms with Gasteiger partial charge in [-0.25, -0.2) is 0 Å². The maximum absolute atomic E-state index is 13.4. The van der Waals surface area contributed by atoms with Gasteiger partial charge < -0.3 is 0 Å². The van der Waals surface area contributed by atoms with Gasteiger partial charge in [0.2, 0.25) is 0 Å². The Hall–Kier alpha value is 0.259. The van der Waals surface area contributed by atoms with Crippen LogP contribution in [-0.4, -0.2) is 53.3 Å². The van der Waals surface area contributed by atoms with Crippen LogP contribution in [0, 0.1) is 0 Å². The van der Waals surface area contributed by atoms with Gasteiger partial charge in [0, 0.05) is 0 Å². The first-order chi connectivity index (χ1) is 22.7. The zero-order valence-corrected chi connectivity index (χ0v) is 36.2. The Morgan fingerprint density at radius 2 is 0.638 bits per heavy atom. The number of thiol groups is 3. The van der Waals surface area contributed by atoms with Gasteiger partial charge >= 0.3 is 314 Å². The molecule has 0 saturated heterocycles. The Morgan fingerprint density at radius 3 is 0.894 bits per heavy atom. The van der Waals surface area contributed by atoms with Gasteiger partial charge in [0.25, 0.3) is 0 Å². The van der Waals surface area contributed by atoms with Gasteiger partial charge in [0.15, 0.2) is 0 Å². The Morgan fingerprint density at radius 1 is 0.404 bits per heavy atom. The van der Waals surface area contributed by atoms with Crippen LogP contribution >= 0.6 is 37.9 Å². The van der Waals surface area contributed by atoms with Crippen molar-refractivity contribution in [3.8, 4) is 0 Å². The minimum atomic E-state index is -5.09. The Labute approximate surface area is 311 Å². The molecule has 0 bridgehead atoms. The molecule has 0 heterocycles. The molecule has 0 spiro atoms. The molecule has 0 aromatic heterocycles. The Kier molecular flexibility index (Phi) is 32.4. The average molecular weight is 828 g/mol. The molecule has 278 valence electrons. The second kappa shape index (κ2) is 32.2. The van der Waals surface area contributed by atoms with Crippen molar-refractivity contribution in [1.29, 1.82) is 0 Å². The van der Waals surface area contributed by atoms with Crippen molar-refractivity contribution in [3.63, 3.8) is 0 Å². The molecular formula is C37H72O6S3Sn. The molecule has 0 N–H and O–H groups in total. The maximum atomic E-state index is 13.4. The van der Waals surface area contributed by atoms with Crippen LogP contribution in [0.5, 0.6) is 0 Å². The minimum absolute atomic E-state index is 0.252. The molecule has 0 radical (unpaired) electrons. The molecule has 0 saturated carbocycles. The first-order valence-corrected chi connectivity index (χ1v) is 26.4. The van der Waals surface area contributed by atoms with Crippen molar-refractivity contribution < 1.29 is 23.6 Å². The van der Waals surface area contributed by atoms with Gasteiger partial charge in [-0.05, 0) is 0 Å². The fourth-order valence-corrected chi connectivity index (χ4v) is 14.4. The molecule has 6 nitrogen and oxygen atoms in total. The third-order valence-electron chi connectivity index (χ3n) is 8.66. The monoisotopic (exact) mass is 828 g/mol. The second-order valence-electron chi connectivity index (χ2n) is 13.3. The van der Waals surface area contributed by atoms with E-state index in [1.807, 2.05) is 6.92 Å². The molecule has 0 aromatic carbocycles. The van der Waals surface area contributed by atoms with Gasteiger partial charge in [-0.2, -0.15) is 0 Å². The van der Waals surface area contributed by atoms with Crippen LogP contribution in [0.15, 0.2) is 0 Å². The van der Waals surface area contributed by atoms with E-state index in [1.165, 1.54) is 77.0 Å². The van der Waals surface area contributed by atoms with Crippen molar-refractivity contribution in [3.05, 3.63) is 0 Å². The van der Waals surface area contributed by atoms with Gasteiger partial charge in [-0.1, -0.05) is 0 Å². The summed E-state index contributed by atoms with van der Waals surface area (Å²) in [5.74, 6) is -1.67. The van der Waals surface area contributed by atoms with Crippen molar-refractivity contribution in [2.24, 2.45) is 0 Å². The van der Waals surface area contributed by atoms with Gasteiger partial charge in [0.1, 0.15) is 0 Å². The molecular weight excluding hydrogens is 755 g/mol. The molecule has 0 aliphatic heterocycles. The van der Waals surface area contributed by atoms with Crippen LogP contribution in [-0.2, 0) is 23.6 Å². The van der Waals surface area contributed by atoms with Crippen molar-refractivity contribution >= 4 is 75.4 Å². The normalized spacial score (nSPS) is 14.6. The summed E-state index contributed by atoms with van der Waals surface area (Å²) in [5.41, 5.74) is 0. The topological polar surface area (TPSA) is 78.9 Å². The number of unbranched alkanes of at least 4 members (excludes halogenated alkanes) is 19. The third kappa shape index (κ3) is 25.8. The summed E-state index contributed by atoms with van der Waals surface area (Å²) in [5, 5.41) is -2.00. The summed E-state index contributed by atoms with van der Waals surface area (Å²) < 4.78 is 18.4. The Bertz CT molecular complexity index is 694. The van der Waals surface area contributed by atoms with E-state index in [2.05, 4.69) is 58.7 Å². The molecule has 0 amide bonds. The van der Waals surface area contributed by atoms with Crippen LogP contribution < -0.4 is 0 Å². The van der Waals surface area contributed by atoms with E-state index in [-0.39, 0.29) is 4.44 Å².